The van der Waals surface area contributed by atoms with Gasteiger partial charge >= 0.3 is 11.9 Å². The van der Waals surface area contributed by atoms with Crippen LogP contribution in [0.2, 0.25) is 0 Å². The average molecular weight is 341 g/mol. The van der Waals surface area contributed by atoms with Crippen LogP contribution in [0.5, 0.6) is 0 Å². The number of allylic oxidation sites excluding steroid dienone is 3. The topological polar surface area (TPSA) is 104 Å². The molecule has 7 heteroatoms. The van der Waals surface area contributed by atoms with Crippen molar-refractivity contribution in [1.29, 1.82) is 0 Å². The first-order valence-corrected chi connectivity index (χ1v) is 7.86. The molecule has 0 aliphatic carbocycles. The zero-order chi connectivity index (χ0) is 18.6. The third kappa shape index (κ3) is 14.8. The number of ether oxygens (including phenoxy) is 1. The fraction of sp³-hybridized carbons (Fsp3) is 0.588. The van der Waals surface area contributed by atoms with E-state index in [0.29, 0.717) is 17.4 Å². The summed E-state index contributed by atoms with van der Waals surface area (Å²) in [6, 6.07) is 0. The number of carbonyl (C=O) groups excluding carboxylic acids is 2. The summed E-state index contributed by atoms with van der Waals surface area (Å²) in [6.45, 7) is 0.368. The molecular weight excluding hydrogens is 314 g/mol. The molecule has 0 radical (unpaired) electrons. The predicted molar refractivity (Wildman–Crippen MR) is 86.8 cm³/mol. The normalized spacial score (nSPS) is 13.3. The highest BCUT2D eigenvalue weighted by molar-refractivity contribution is 5.82. The first-order valence-electron chi connectivity index (χ1n) is 7.86. The van der Waals surface area contributed by atoms with Gasteiger partial charge in [0.2, 0.25) is 0 Å². The van der Waals surface area contributed by atoms with E-state index in [-0.39, 0.29) is 12.8 Å². The molecule has 1 atom stereocenters. The average Bonchev–Trinajstić information content (AvgIpc) is 2.38. The van der Waals surface area contributed by atoms with Gasteiger partial charge in [-0.1, -0.05) is 18.2 Å². The van der Waals surface area contributed by atoms with Gasteiger partial charge in [-0.05, 0) is 19.3 Å². The molecule has 136 valence electrons. The minimum Gasteiger partial charge on any atom is -0.550 e. The lowest BCUT2D eigenvalue weighted by Gasteiger charge is -2.28. The summed E-state index contributed by atoms with van der Waals surface area (Å²) in [6.07, 6.45) is 7.42. The van der Waals surface area contributed by atoms with Crippen molar-refractivity contribution in [3.63, 3.8) is 0 Å². The Morgan fingerprint density at radius 1 is 1.17 bits per heavy atom. The Hall–Kier alpha value is -2.15. The number of carboxylic acid groups (broad SMARTS) is 2. The van der Waals surface area contributed by atoms with E-state index in [9.17, 15) is 19.5 Å². The highest BCUT2D eigenvalue weighted by Gasteiger charge is 2.21. The summed E-state index contributed by atoms with van der Waals surface area (Å²) in [5, 5.41) is 19.2. The van der Waals surface area contributed by atoms with E-state index in [2.05, 4.69) is 0 Å². The standard InChI is InChI=1S/C17H27NO6/c1-18(2,3)13-14(12-16(21)22)24-17(23)11-9-7-5-4-6-8-10-15(19)20/h5,7,9,11,14H,4,6,8,10,12-13H2,1-3H3,(H-,19,20,21,22)/b7-5+,11-9+. The summed E-state index contributed by atoms with van der Waals surface area (Å²) in [7, 11) is 5.62. The molecule has 0 bridgehead atoms. The van der Waals surface area contributed by atoms with Crippen LogP contribution in [0, 0.1) is 0 Å². The fourth-order valence-corrected chi connectivity index (χ4v) is 1.99. The Bertz CT molecular complexity index is 476. The maximum absolute atomic E-state index is 11.7. The van der Waals surface area contributed by atoms with Gasteiger partial charge in [-0.2, -0.15) is 0 Å². The van der Waals surface area contributed by atoms with Crippen LogP contribution in [0.15, 0.2) is 24.3 Å². The summed E-state index contributed by atoms with van der Waals surface area (Å²) in [4.78, 5) is 32.8. The van der Waals surface area contributed by atoms with Crippen molar-refractivity contribution in [2.45, 2.75) is 38.2 Å². The molecule has 1 unspecified atom stereocenters. The van der Waals surface area contributed by atoms with Crippen LogP contribution < -0.4 is 5.11 Å². The summed E-state index contributed by atoms with van der Waals surface area (Å²) in [5.74, 6) is -2.67. The SMILES string of the molecule is C[N+](C)(C)CC(CC(=O)[O-])OC(=O)/C=C/C=C/CCCCC(=O)O. The Balaban J connectivity index is 4.22. The number of likely N-dealkylation sites (N-methyl/N-ethyl adjacent to an activating group) is 1. The smallest absolute Gasteiger partial charge is 0.331 e. The van der Waals surface area contributed by atoms with Crippen molar-refractivity contribution in [3.8, 4) is 0 Å². The van der Waals surface area contributed by atoms with Crippen molar-refractivity contribution < 1.29 is 33.8 Å². The van der Waals surface area contributed by atoms with Gasteiger partial charge in [-0.15, -0.1) is 0 Å². The van der Waals surface area contributed by atoms with Crippen LogP contribution in [0.4, 0.5) is 0 Å². The second-order valence-corrected chi connectivity index (χ2v) is 6.53. The van der Waals surface area contributed by atoms with E-state index in [1.54, 1.807) is 6.08 Å². The zero-order valence-electron chi connectivity index (χ0n) is 14.6. The van der Waals surface area contributed by atoms with Crippen LogP contribution in [0.1, 0.15) is 32.1 Å². The molecule has 0 aromatic carbocycles. The molecule has 0 rings (SSSR count). The van der Waals surface area contributed by atoms with Crippen LogP contribution in [-0.2, 0) is 19.1 Å². The van der Waals surface area contributed by atoms with Gasteiger partial charge in [0.05, 0.1) is 21.1 Å². The maximum atomic E-state index is 11.7. The number of unbranched alkanes of at least 4 members (excludes halogenated alkanes) is 2. The number of hydrogen-bond acceptors (Lipinski definition) is 5. The van der Waals surface area contributed by atoms with Crippen LogP contribution in [0.3, 0.4) is 0 Å². The van der Waals surface area contributed by atoms with Crippen molar-refractivity contribution in [3.05, 3.63) is 24.3 Å². The van der Waals surface area contributed by atoms with Gasteiger partial charge in [-0.3, -0.25) is 4.79 Å². The minimum atomic E-state index is -1.26. The molecule has 24 heavy (non-hydrogen) atoms. The van der Waals surface area contributed by atoms with E-state index in [1.807, 2.05) is 27.2 Å². The van der Waals surface area contributed by atoms with Gasteiger partial charge in [0, 0.05) is 24.9 Å². The molecule has 0 aliphatic heterocycles. The first kappa shape index (κ1) is 21.9. The van der Waals surface area contributed by atoms with E-state index in [4.69, 9.17) is 9.84 Å². The van der Waals surface area contributed by atoms with Gasteiger partial charge in [0.15, 0.2) is 6.10 Å². The number of carbonyl (C=O) groups is 3. The van der Waals surface area contributed by atoms with Crippen molar-refractivity contribution >= 4 is 17.9 Å². The quantitative estimate of drug-likeness (QED) is 0.182. The molecule has 0 heterocycles. The minimum absolute atomic E-state index is 0.155. The fourth-order valence-electron chi connectivity index (χ4n) is 1.99. The Kier molecular flexibility index (Phi) is 10.4. The number of nitrogens with zero attached hydrogens (tertiary/aromatic N) is 1. The Morgan fingerprint density at radius 2 is 1.83 bits per heavy atom. The van der Waals surface area contributed by atoms with Gasteiger partial charge in [-0.25, -0.2) is 4.79 Å². The number of esters is 1. The lowest BCUT2D eigenvalue weighted by atomic mass is 10.2. The summed E-state index contributed by atoms with van der Waals surface area (Å²) < 4.78 is 5.61. The lowest BCUT2D eigenvalue weighted by molar-refractivity contribution is -0.873. The molecule has 0 saturated heterocycles. The molecule has 7 nitrogen and oxygen atoms in total. The molecule has 0 aromatic rings. The third-order valence-electron chi connectivity index (χ3n) is 2.92. The second kappa shape index (κ2) is 11.4. The monoisotopic (exact) mass is 341 g/mol. The molecule has 0 saturated carbocycles. The van der Waals surface area contributed by atoms with Gasteiger partial charge < -0.3 is 24.2 Å². The van der Waals surface area contributed by atoms with E-state index in [1.165, 1.54) is 12.2 Å². The molecule has 0 fully saturated rings. The Morgan fingerprint density at radius 3 is 2.38 bits per heavy atom. The molecule has 0 spiro atoms. The largest absolute Gasteiger partial charge is 0.550 e. The highest BCUT2D eigenvalue weighted by atomic mass is 16.5. The van der Waals surface area contributed by atoms with Crippen molar-refractivity contribution in [1.82, 2.24) is 0 Å². The molecule has 0 aliphatic rings. The van der Waals surface area contributed by atoms with Gasteiger partial charge in [0.1, 0.15) is 6.54 Å². The number of hydrogen-bond donors (Lipinski definition) is 1. The number of rotatable bonds is 12. The summed E-state index contributed by atoms with van der Waals surface area (Å²) in [5.41, 5.74) is 0. The van der Waals surface area contributed by atoms with E-state index < -0.39 is 24.0 Å². The molecule has 0 amide bonds. The van der Waals surface area contributed by atoms with Crippen LogP contribution in [-0.4, -0.2) is 61.3 Å². The van der Waals surface area contributed by atoms with Gasteiger partial charge in [0.25, 0.3) is 0 Å². The van der Waals surface area contributed by atoms with E-state index >= 15 is 0 Å². The molecule has 0 aromatic heterocycles. The lowest BCUT2D eigenvalue weighted by Crippen LogP contribution is -2.45. The molecular formula is C17H27NO6. The van der Waals surface area contributed by atoms with Crippen molar-refractivity contribution in [2.24, 2.45) is 0 Å². The van der Waals surface area contributed by atoms with Crippen LogP contribution >= 0.6 is 0 Å². The van der Waals surface area contributed by atoms with E-state index in [0.717, 1.165) is 12.8 Å². The second-order valence-electron chi connectivity index (χ2n) is 6.53. The Labute approximate surface area is 142 Å². The number of aliphatic carboxylic acids is 2. The summed E-state index contributed by atoms with van der Waals surface area (Å²) >= 11 is 0. The maximum Gasteiger partial charge on any atom is 0.331 e. The molecule has 1 N–H and O–H groups in total. The number of carboxylic acids is 2. The number of quaternary nitrogens is 1. The van der Waals surface area contributed by atoms with Crippen LogP contribution in [0.25, 0.3) is 0 Å². The first-order chi connectivity index (χ1) is 11.1. The van der Waals surface area contributed by atoms with Crippen molar-refractivity contribution in [2.75, 3.05) is 27.7 Å². The third-order valence-corrected chi connectivity index (χ3v) is 2.92. The zero-order valence-corrected chi connectivity index (χ0v) is 14.6. The predicted octanol–water partition coefficient (Wildman–Crippen LogP) is 0.502. The highest BCUT2D eigenvalue weighted by Crippen LogP contribution is 2.05.